The number of ether oxygens (including phenoxy) is 3. The summed E-state index contributed by atoms with van der Waals surface area (Å²) in [5.74, 6) is -1.88. The van der Waals surface area contributed by atoms with Crippen molar-refractivity contribution in [2.45, 2.75) is 64.8 Å². The Hall–Kier alpha value is -2.73. The van der Waals surface area contributed by atoms with Crippen molar-refractivity contribution in [3.8, 4) is 11.7 Å². The summed E-state index contributed by atoms with van der Waals surface area (Å²) in [4.78, 5) is 16.6. The molecule has 0 aliphatic carbocycles. The van der Waals surface area contributed by atoms with Crippen molar-refractivity contribution in [2.24, 2.45) is 0 Å². The molecule has 32 heavy (non-hydrogen) atoms. The van der Waals surface area contributed by atoms with Crippen molar-refractivity contribution in [1.82, 2.24) is 19.3 Å². The molecule has 0 N–H and O–H groups in total. The zero-order valence-corrected chi connectivity index (χ0v) is 17.7. The van der Waals surface area contributed by atoms with Gasteiger partial charge in [0.1, 0.15) is 6.61 Å². The van der Waals surface area contributed by atoms with Crippen molar-refractivity contribution in [3.05, 3.63) is 40.3 Å². The van der Waals surface area contributed by atoms with Gasteiger partial charge in [0.15, 0.2) is 29.9 Å². The normalized spacial score (nSPS) is 17.9. The molecule has 2 aromatic rings. The van der Waals surface area contributed by atoms with Crippen LogP contribution in [0.25, 0.3) is 11.9 Å². The lowest BCUT2D eigenvalue weighted by Gasteiger charge is -2.22. The van der Waals surface area contributed by atoms with Crippen molar-refractivity contribution in [2.75, 3.05) is 6.61 Å². The molecule has 12 heteroatoms. The van der Waals surface area contributed by atoms with E-state index in [0.717, 1.165) is 31.9 Å². The Labute approximate surface area is 181 Å². The van der Waals surface area contributed by atoms with Gasteiger partial charge < -0.3 is 14.2 Å². The largest absolute Gasteiger partial charge is 0.464 e. The topological polar surface area (TPSA) is 80.4 Å². The van der Waals surface area contributed by atoms with Crippen molar-refractivity contribution in [3.63, 3.8) is 0 Å². The highest BCUT2D eigenvalue weighted by molar-refractivity contribution is 5.54. The van der Waals surface area contributed by atoms with Gasteiger partial charge in [-0.2, -0.15) is 22.8 Å². The van der Waals surface area contributed by atoms with Crippen molar-refractivity contribution in [1.29, 1.82) is 0 Å². The first-order valence-electron chi connectivity index (χ1n) is 10.1. The molecule has 0 amide bonds. The van der Waals surface area contributed by atoms with Gasteiger partial charge in [0.05, 0.1) is 0 Å². The Bertz CT molecular complexity index is 1010. The van der Waals surface area contributed by atoms with E-state index >= 15 is 0 Å². The minimum Gasteiger partial charge on any atom is -0.464 e. The quantitative estimate of drug-likeness (QED) is 0.560. The lowest BCUT2D eigenvalue weighted by molar-refractivity contribution is -0.190. The van der Waals surface area contributed by atoms with Gasteiger partial charge in [-0.3, -0.25) is 4.57 Å². The predicted octanol–water partition coefficient (Wildman–Crippen LogP) is 3.60. The highest BCUT2D eigenvalue weighted by Gasteiger charge is 2.39. The smallest absolute Gasteiger partial charge is 0.425 e. The highest BCUT2D eigenvalue weighted by Crippen LogP contribution is 2.28. The van der Waals surface area contributed by atoms with Crippen LogP contribution in [0.1, 0.15) is 44.5 Å². The van der Waals surface area contributed by atoms with Gasteiger partial charge in [-0.05, 0) is 39.2 Å². The van der Waals surface area contributed by atoms with E-state index in [-0.39, 0.29) is 24.5 Å². The fourth-order valence-electron chi connectivity index (χ4n) is 3.11. The van der Waals surface area contributed by atoms with E-state index in [2.05, 4.69) is 16.7 Å². The second-order valence-electron chi connectivity index (χ2n) is 7.16. The van der Waals surface area contributed by atoms with Gasteiger partial charge in [0.2, 0.25) is 5.88 Å². The molecule has 0 saturated carbocycles. The van der Waals surface area contributed by atoms with Gasteiger partial charge >= 0.3 is 11.9 Å². The summed E-state index contributed by atoms with van der Waals surface area (Å²) >= 11 is 0. The maximum Gasteiger partial charge on any atom is 0.425 e. The van der Waals surface area contributed by atoms with Crippen LogP contribution in [-0.2, 0) is 22.6 Å². The monoisotopic (exact) mass is 460 g/mol. The van der Waals surface area contributed by atoms with Crippen LogP contribution >= 0.6 is 0 Å². The minimum absolute atomic E-state index is 0.0679. The third kappa shape index (κ3) is 5.18. The molecule has 1 aliphatic rings. The molecule has 1 aliphatic heterocycles. The minimum atomic E-state index is -4.67. The molecule has 176 valence electrons. The summed E-state index contributed by atoms with van der Waals surface area (Å²) in [5, 5.41) is 4.10. The van der Waals surface area contributed by atoms with Gasteiger partial charge in [-0.1, -0.05) is 12.7 Å². The summed E-state index contributed by atoms with van der Waals surface area (Å²) < 4.78 is 71.5. The first-order valence-corrected chi connectivity index (χ1v) is 10.1. The molecule has 1 unspecified atom stereocenters. The zero-order chi connectivity index (χ0) is 23.5. The summed E-state index contributed by atoms with van der Waals surface area (Å²) in [7, 11) is 0. The van der Waals surface area contributed by atoms with Crippen LogP contribution < -0.4 is 10.4 Å². The SMILES string of the molecule is C=Cc1cc(F)c(-n2nc(COC3CCCCO3)n(CC)c2=O)nc1O[C@@H](C)C(F)(F)F. The fourth-order valence-corrected chi connectivity index (χ4v) is 3.11. The van der Waals surface area contributed by atoms with E-state index in [0.29, 0.717) is 17.7 Å². The van der Waals surface area contributed by atoms with Crippen LogP contribution in [0.2, 0.25) is 0 Å². The molecular formula is C20H24F4N4O4. The van der Waals surface area contributed by atoms with E-state index in [1.54, 1.807) is 6.92 Å². The van der Waals surface area contributed by atoms with Crippen LogP contribution in [0.5, 0.6) is 5.88 Å². The number of halogens is 4. The first kappa shape index (κ1) is 23.9. The van der Waals surface area contributed by atoms with E-state index in [1.807, 2.05) is 0 Å². The molecule has 2 aromatic heterocycles. The molecular weight excluding hydrogens is 436 g/mol. The molecule has 1 saturated heterocycles. The van der Waals surface area contributed by atoms with Gasteiger partial charge in [-0.15, -0.1) is 5.10 Å². The van der Waals surface area contributed by atoms with Crippen molar-refractivity contribution >= 4 is 6.08 Å². The molecule has 8 nitrogen and oxygen atoms in total. The third-order valence-corrected chi connectivity index (χ3v) is 4.91. The van der Waals surface area contributed by atoms with Crippen LogP contribution in [-0.4, -0.2) is 44.5 Å². The standard InChI is InChI=1S/C20H24F4N4O4/c1-4-13-10-14(21)17(25-18(13)32-12(3)20(22,23)24)28-19(29)27(5-2)15(26-28)11-31-16-8-6-7-9-30-16/h4,10,12,16H,1,5-9,11H2,2-3H3/t12-,16?/m0/s1. The van der Waals surface area contributed by atoms with Gasteiger partial charge in [-0.25, -0.2) is 9.18 Å². The molecule has 3 rings (SSSR count). The Morgan fingerprint density at radius 1 is 1.41 bits per heavy atom. The number of pyridine rings is 1. The molecule has 0 bridgehead atoms. The lowest BCUT2D eigenvalue weighted by atomic mass is 10.2. The summed E-state index contributed by atoms with van der Waals surface area (Å²) in [6.45, 7) is 6.64. The highest BCUT2D eigenvalue weighted by atomic mass is 19.4. The number of nitrogens with zero attached hydrogens (tertiary/aromatic N) is 4. The Kier molecular flexibility index (Phi) is 7.34. The molecule has 0 aromatic carbocycles. The Morgan fingerprint density at radius 2 is 2.16 bits per heavy atom. The van der Waals surface area contributed by atoms with Gasteiger partial charge in [0.25, 0.3) is 0 Å². The molecule has 3 heterocycles. The molecule has 1 fully saturated rings. The average Bonchev–Trinajstić information content (AvgIpc) is 3.08. The predicted molar refractivity (Wildman–Crippen MR) is 106 cm³/mol. The molecule has 0 radical (unpaired) electrons. The van der Waals surface area contributed by atoms with Crippen LogP contribution in [0.3, 0.4) is 0 Å². The van der Waals surface area contributed by atoms with E-state index in [1.165, 1.54) is 4.57 Å². The Morgan fingerprint density at radius 3 is 2.75 bits per heavy atom. The fraction of sp³-hybridized carbons (Fsp3) is 0.550. The number of aromatic nitrogens is 4. The van der Waals surface area contributed by atoms with Crippen LogP contribution in [0.4, 0.5) is 17.6 Å². The first-order chi connectivity index (χ1) is 15.2. The van der Waals surface area contributed by atoms with E-state index < -0.39 is 41.8 Å². The average molecular weight is 460 g/mol. The van der Waals surface area contributed by atoms with Crippen LogP contribution in [0, 0.1) is 5.82 Å². The third-order valence-electron chi connectivity index (χ3n) is 4.91. The second kappa shape index (κ2) is 9.82. The number of hydrogen-bond acceptors (Lipinski definition) is 6. The summed E-state index contributed by atoms with van der Waals surface area (Å²) in [5.41, 5.74) is -0.813. The maximum atomic E-state index is 14.7. The van der Waals surface area contributed by atoms with E-state index in [9.17, 15) is 22.4 Å². The Balaban J connectivity index is 1.95. The van der Waals surface area contributed by atoms with Crippen LogP contribution in [0.15, 0.2) is 17.4 Å². The van der Waals surface area contributed by atoms with E-state index in [4.69, 9.17) is 14.2 Å². The summed E-state index contributed by atoms with van der Waals surface area (Å²) in [6.07, 6.45) is -3.61. The zero-order valence-electron chi connectivity index (χ0n) is 17.7. The second-order valence-corrected chi connectivity index (χ2v) is 7.16. The lowest BCUT2D eigenvalue weighted by Crippen LogP contribution is -2.32. The number of alkyl halides is 3. The molecule has 2 atom stereocenters. The number of hydrogen-bond donors (Lipinski definition) is 0. The van der Waals surface area contributed by atoms with Gasteiger partial charge in [0, 0.05) is 18.7 Å². The maximum absolute atomic E-state index is 14.7. The molecule has 0 spiro atoms. The van der Waals surface area contributed by atoms with Crippen molar-refractivity contribution < 1.29 is 31.8 Å². The number of rotatable bonds is 8. The summed E-state index contributed by atoms with van der Waals surface area (Å²) in [6, 6.07) is 0.886.